The van der Waals surface area contributed by atoms with Gasteiger partial charge in [0.25, 0.3) is 0 Å². The molecule has 7 nitrogen and oxygen atoms in total. The number of amides is 1. The second kappa shape index (κ2) is 10.9. The minimum atomic E-state index is -0.322. The Morgan fingerprint density at radius 1 is 1.06 bits per heavy atom. The van der Waals surface area contributed by atoms with Crippen molar-refractivity contribution < 1.29 is 19.0 Å². The van der Waals surface area contributed by atoms with E-state index < -0.39 is 0 Å². The molecule has 0 unspecified atom stereocenters. The molecular formula is C25H22ClFN4O3. The van der Waals surface area contributed by atoms with Gasteiger partial charge in [-0.2, -0.15) is 0 Å². The summed E-state index contributed by atoms with van der Waals surface area (Å²) in [4.78, 5) is 20.6. The molecule has 0 aliphatic rings. The van der Waals surface area contributed by atoms with E-state index in [0.29, 0.717) is 50.9 Å². The summed E-state index contributed by atoms with van der Waals surface area (Å²) in [5.74, 6) is 0.509. The standard InChI is InChI=1S/C25H22ClFN4O3/c26-21-13-19(7-9-23(21)34-14-16-3-1-4-17(27)11-16)31-25-20-12-18(30-24(33)5-2-10-32)6-8-22(20)28-15-29-25/h1,3-4,6-9,11-13,15,32H,2,5,10,14H2,(H,30,33)(H,28,29,31). The number of rotatable bonds is 9. The zero-order valence-corrected chi connectivity index (χ0v) is 18.8. The summed E-state index contributed by atoms with van der Waals surface area (Å²) in [6, 6.07) is 16.7. The summed E-state index contributed by atoms with van der Waals surface area (Å²) < 4.78 is 19.1. The maximum Gasteiger partial charge on any atom is 0.224 e. The normalized spacial score (nSPS) is 10.8. The molecule has 4 aromatic rings. The van der Waals surface area contributed by atoms with Crippen LogP contribution in [-0.4, -0.2) is 27.6 Å². The van der Waals surface area contributed by atoms with Crippen molar-refractivity contribution in [2.75, 3.05) is 17.2 Å². The molecule has 0 radical (unpaired) electrons. The summed E-state index contributed by atoms with van der Waals surface area (Å²) in [6.45, 7) is 0.151. The van der Waals surface area contributed by atoms with Gasteiger partial charge in [-0.05, 0) is 60.5 Å². The number of halogens is 2. The number of aliphatic hydroxyl groups excluding tert-OH is 1. The number of benzene rings is 3. The number of nitrogens with zero attached hydrogens (tertiary/aromatic N) is 2. The van der Waals surface area contributed by atoms with Gasteiger partial charge in [0.1, 0.15) is 30.3 Å². The molecule has 34 heavy (non-hydrogen) atoms. The monoisotopic (exact) mass is 480 g/mol. The van der Waals surface area contributed by atoms with Crippen LogP contribution in [0.3, 0.4) is 0 Å². The number of hydrogen-bond donors (Lipinski definition) is 3. The van der Waals surface area contributed by atoms with Gasteiger partial charge in [-0.1, -0.05) is 23.7 Å². The van der Waals surface area contributed by atoms with E-state index in [4.69, 9.17) is 21.4 Å². The van der Waals surface area contributed by atoms with Crippen LogP contribution < -0.4 is 15.4 Å². The maximum absolute atomic E-state index is 13.3. The molecule has 0 atom stereocenters. The third kappa shape index (κ3) is 5.98. The highest BCUT2D eigenvalue weighted by atomic mass is 35.5. The highest BCUT2D eigenvalue weighted by Gasteiger charge is 2.10. The summed E-state index contributed by atoms with van der Waals surface area (Å²) in [6.07, 6.45) is 2.08. The largest absolute Gasteiger partial charge is 0.487 e. The molecule has 0 saturated heterocycles. The first-order chi connectivity index (χ1) is 16.5. The van der Waals surface area contributed by atoms with E-state index >= 15 is 0 Å². The first kappa shape index (κ1) is 23.4. The summed E-state index contributed by atoms with van der Waals surface area (Å²) in [5.41, 5.74) is 2.69. The second-order valence-electron chi connectivity index (χ2n) is 7.52. The highest BCUT2D eigenvalue weighted by molar-refractivity contribution is 6.32. The Bertz CT molecular complexity index is 1320. The van der Waals surface area contributed by atoms with Crippen molar-refractivity contribution >= 4 is 45.6 Å². The fraction of sp³-hybridized carbons (Fsp3) is 0.160. The smallest absolute Gasteiger partial charge is 0.224 e. The lowest BCUT2D eigenvalue weighted by Crippen LogP contribution is -2.11. The van der Waals surface area contributed by atoms with Gasteiger partial charge < -0.3 is 20.5 Å². The molecule has 0 saturated carbocycles. The zero-order chi connectivity index (χ0) is 23.9. The molecule has 3 aromatic carbocycles. The molecule has 0 aliphatic carbocycles. The van der Waals surface area contributed by atoms with Gasteiger partial charge in [0.05, 0.1) is 10.5 Å². The SMILES string of the molecule is O=C(CCCO)Nc1ccc2ncnc(Nc3ccc(OCc4cccc(F)c4)c(Cl)c3)c2c1. The highest BCUT2D eigenvalue weighted by Crippen LogP contribution is 2.31. The van der Waals surface area contributed by atoms with E-state index in [2.05, 4.69) is 20.6 Å². The fourth-order valence-corrected chi connectivity index (χ4v) is 3.55. The van der Waals surface area contributed by atoms with Crippen molar-refractivity contribution in [3.8, 4) is 5.75 Å². The number of carbonyl (C=O) groups is 1. The number of fused-ring (bicyclic) bond motifs is 1. The first-order valence-corrected chi connectivity index (χ1v) is 11.0. The lowest BCUT2D eigenvalue weighted by Gasteiger charge is -2.13. The summed E-state index contributed by atoms with van der Waals surface area (Å²) in [5, 5.41) is 16.0. The van der Waals surface area contributed by atoms with Gasteiger partial charge in [0.15, 0.2) is 0 Å². The minimum Gasteiger partial charge on any atom is -0.487 e. The van der Waals surface area contributed by atoms with Crippen LogP contribution in [-0.2, 0) is 11.4 Å². The number of aromatic nitrogens is 2. The topological polar surface area (TPSA) is 96.4 Å². The number of hydrogen-bond acceptors (Lipinski definition) is 6. The Balaban J connectivity index is 1.49. The predicted octanol–water partition coefficient (Wildman–Crippen LogP) is 5.46. The van der Waals surface area contributed by atoms with Gasteiger partial charge in [-0.3, -0.25) is 4.79 Å². The average Bonchev–Trinajstić information content (AvgIpc) is 2.83. The van der Waals surface area contributed by atoms with Crippen molar-refractivity contribution in [2.45, 2.75) is 19.4 Å². The maximum atomic E-state index is 13.3. The first-order valence-electron chi connectivity index (χ1n) is 10.6. The quantitative estimate of drug-likeness (QED) is 0.294. The van der Waals surface area contributed by atoms with E-state index in [0.717, 1.165) is 0 Å². The molecule has 4 rings (SSSR count). The number of anilines is 3. The van der Waals surface area contributed by atoms with Crippen LogP contribution in [0.2, 0.25) is 5.02 Å². The third-order valence-electron chi connectivity index (χ3n) is 4.96. The molecule has 1 amide bonds. The van der Waals surface area contributed by atoms with Crippen molar-refractivity contribution in [1.82, 2.24) is 9.97 Å². The molecule has 1 aromatic heterocycles. The molecule has 0 spiro atoms. The van der Waals surface area contributed by atoms with Crippen LogP contribution in [0.25, 0.3) is 10.9 Å². The van der Waals surface area contributed by atoms with Crippen LogP contribution >= 0.6 is 11.6 Å². The molecule has 3 N–H and O–H groups in total. The molecule has 1 heterocycles. The summed E-state index contributed by atoms with van der Waals surface area (Å²) >= 11 is 6.40. The molecular weight excluding hydrogens is 459 g/mol. The van der Waals surface area contributed by atoms with Crippen molar-refractivity contribution in [2.24, 2.45) is 0 Å². The number of ether oxygens (including phenoxy) is 1. The molecule has 0 bridgehead atoms. The van der Waals surface area contributed by atoms with Gasteiger partial charge in [0, 0.05) is 29.8 Å². The minimum absolute atomic E-state index is 0.0375. The van der Waals surface area contributed by atoms with E-state index in [1.54, 1.807) is 48.5 Å². The van der Waals surface area contributed by atoms with Crippen molar-refractivity contribution in [3.05, 3.63) is 83.4 Å². The lowest BCUT2D eigenvalue weighted by atomic mass is 10.2. The molecule has 0 aliphatic heterocycles. The Morgan fingerprint density at radius 3 is 2.71 bits per heavy atom. The van der Waals surface area contributed by atoms with Gasteiger partial charge in [-0.15, -0.1) is 0 Å². The van der Waals surface area contributed by atoms with E-state index in [1.165, 1.54) is 18.5 Å². The van der Waals surface area contributed by atoms with Gasteiger partial charge >= 0.3 is 0 Å². The Kier molecular flexibility index (Phi) is 7.51. The van der Waals surface area contributed by atoms with Crippen LogP contribution in [0.1, 0.15) is 18.4 Å². The van der Waals surface area contributed by atoms with Crippen LogP contribution in [0.15, 0.2) is 67.0 Å². The van der Waals surface area contributed by atoms with Gasteiger partial charge in [0.2, 0.25) is 5.91 Å². The fourth-order valence-electron chi connectivity index (χ4n) is 3.32. The Hall–Kier alpha value is -3.75. The molecule has 0 fully saturated rings. The zero-order valence-electron chi connectivity index (χ0n) is 18.1. The molecule has 9 heteroatoms. The van der Waals surface area contributed by atoms with E-state index in [-0.39, 0.29) is 31.4 Å². The lowest BCUT2D eigenvalue weighted by molar-refractivity contribution is -0.116. The van der Waals surface area contributed by atoms with Crippen molar-refractivity contribution in [1.29, 1.82) is 0 Å². The third-order valence-corrected chi connectivity index (χ3v) is 5.25. The number of carbonyl (C=O) groups excluding carboxylic acids is 1. The number of aliphatic hydroxyl groups is 1. The van der Waals surface area contributed by atoms with Crippen LogP contribution in [0.5, 0.6) is 5.75 Å². The second-order valence-corrected chi connectivity index (χ2v) is 7.93. The summed E-state index contributed by atoms with van der Waals surface area (Å²) in [7, 11) is 0. The van der Waals surface area contributed by atoms with E-state index in [1.807, 2.05) is 0 Å². The predicted molar refractivity (Wildman–Crippen MR) is 130 cm³/mol. The average molecular weight is 481 g/mol. The molecule has 174 valence electrons. The Labute approximate surface area is 200 Å². The van der Waals surface area contributed by atoms with Crippen LogP contribution in [0.4, 0.5) is 21.6 Å². The van der Waals surface area contributed by atoms with Crippen molar-refractivity contribution in [3.63, 3.8) is 0 Å². The van der Waals surface area contributed by atoms with E-state index in [9.17, 15) is 9.18 Å². The van der Waals surface area contributed by atoms with Gasteiger partial charge in [-0.25, -0.2) is 14.4 Å². The Morgan fingerprint density at radius 2 is 1.91 bits per heavy atom. The van der Waals surface area contributed by atoms with Crippen LogP contribution in [0, 0.1) is 5.82 Å². The number of nitrogens with one attached hydrogen (secondary N) is 2.